The molecule has 0 amide bonds. The molecule has 0 atom stereocenters. The maximum atomic E-state index is 11.6. The van der Waals surface area contributed by atoms with Gasteiger partial charge in [-0.2, -0.15) is 0 Å². The molecule has 1 aromatic heterocycles. The molecule has 0 fully saturated rings. The van der Waals surface area contributed by atoms with Gasteiger partial charge in [0.1, 0.15) is 11.6 Å². The van der Waals surface area contributed by atoms with Crippen LogP contribution in [0.3, 0.4) is 0 Å². The highest BCUT2D eigenvalue weighted by atomic mass is 19.4. The highest BCUT2D eigenvalue weighted by molar-refractivity contribution is 5.25. The monoisotopic (exact) mass is 209 g/mol. The Balaban J connectivity index is 2.42. The minimum absolute atomic E-state index is 0.0789. The Morgan fingerprint density at radius 3 is 2.64 bits per heavy atom. The predicted molar refractivity (Wildman–Crippen MR) is 43.4 cm³/mol. The van der Waals surface area contributed by atoms with Gasteiger partial charge in [-0.1, -0.05) is 0 Å². The van der Waals surface area contributed by atoms with Gasteiger partial charge in [-0.25, -0.2) is 4.98 Å². The molecule has 1 aromatic rings. The van der Waals surface area contributed by atoms with Crippen molar-refractivity contribution in [3.8, 4) is 0 Å². The Bertz CT molecular complexity index is 308. The van der Waals surface area contributed by atoms with E-state index in [9.17, 15) is 13.2 Å². The van der Waals surface area contributed by atoms with Crippen LogP contribution in [0.2, 0.25) is 0 Å². The first kappa shape index (κ1) is 10.8. The Hall–Kier alpha value is -1.24. The van der Waals surface area contributed by atoms with Crippen molar-refractivity contribution in [3.05, 3.63) is 12.0 Å². The van der Waals surface area contributed by atoms with E-state index in [1.54, 1.807) is 6.92 Å². The molecular formula is C7H10F3N3O. The summed E-state index contributed by atoms with van der Waals surface area (Å²) in [5, 5.41) is 0. The fourth-order valence-corrected chi connectivity index (χ4v) is 1.02. The van der Waals surface area contributed by atoms with Gasteiger partial charge in [0.25, 0.3) is 0 Å². The van der Waals surface area contributed by atoms with Crippen molar-refractivity contribution in [3.63, 3.8) is 0 Å². The highest BCUT2D eigenvalue weighted by Gasteiger charge is 2.28. The summed E-state index contributed by atoms with van der Waals surface area (Å²) in [5.74, 6) is 0.850. The molecule has 14 heavy (non-hydrogen) atoms. The van der Waals surface area contributed by atoms with E-state index in [-0.39, 0.29) is 12.4 Å². The molecule has 4 nitrogen and oxygen atoms in total. The third-order valence-corrected chi connectivity index (χ3v) is 1.59. The number of halogens is 3. The summed E-state index contributed by atoms with van der Waals surface area (Å²) in [6.07, 6.45) is -3.12. The van der Waals surface area contributed by atoms with Crippen LogP contribution in [0.15, 0.2) is 6.20 Å². The van der Waals surface area contributed by atoms with E-state index >= 15 is 0 Å². The molecule has 0 aliphatic heterocycles. The summed E-state index contributed by atoms with van der Waals surface area (Å²) in [5.41, 5.74) is 5.34. The molecular weight excluding hydrogens is 199 g/mol. The molecule has 0 saturated carbocycles. The van der Waals surface area contributed by atoms with Crippen LogP contribution in [0.25, 0.3) is 0 Å². The lowest BCUT2D eigenvalue weighted by molar-refractivity contribution is -0.325. The zero-order valence-corrected chi connectivity index (χ0v) is 7.51. The first-order chi connectivity index (χ1) is 6.38. The van der Waals surface area contributed by atoms with Crippen molar-refractivity contribution >= 4 is 5.82 Å². The second kappa shape index (κ2) is 3.87. The molecule has 7 heteroatoms. The van der Waals surface area contributed by atoms with Gasteiger partial charge < -0.3 is 10.3 Å². The Morgan fingerprint density at radius 2 is 2.21 bits per heavy atom. The number of nitrogens with two attached hydrogens (primary N) is 1. The zero-order valence-electron chi connectivity index (χ0n) is 7.51. The van der Waals surface area contributed by atoms with Gasteiger partial charge in [-0.05, 0) is 6.92 Å². The van der Waals surface area contributed by atoms with E-state index in [0.29, 0.717) is 5.82 Å². The molecule has 0 saturated heterocycles. The minimum atomic E-state index is -4.58. The Labute approximate surface area is 78.5 Å². The summed E-state index contributed by atoms with van der Waals surface area (Å²) >= 11 is 0. The quantitative estimate of drug-likeness (QED) is 0.816. The molecule has 2 N–H and O–H groups in total. The summed E-state index contributed by atoms with van der Waals surface area (Å²) in [6, 6.07) is 0. The standard InChI is InChI=1S/C7H10F3N3O/c1-5-12-6(11)4-13(5)2-3-14-7(8,9)10/h4H,2-3,11H2,1H3. The van der Waals surface area contributed by atoms with E-state index in [1.165, 1.54) is 10.8 Å². The number of alkyl halides is 3. The highest BCUT2D eigenvalue weighted by Crippen LogP contribution is 2.16. The number of imidazole rings is 1. The average Bonchev–Trinajstić information content (AvgIpc) is 2.27. The van der Waals surface area contributed by atoms with E-state index in [1.807, 2.05) is 0 Å². The number of hydrogen-bond donors (Lipinski definition) is 1. The van der Waals surface area contributed by atoms with Crippen molar-refractivity contribution in [2.45, 2.75) is 19.8 Å². The van der Waals surface area contributed by atoms with Crippen LogP contribution in [0.5, 0.6) is 0 Å². The zero-order chi connectivity index (χ0) is 10.8. The Kier molecular flexibility index (Phi) is 3.00. The molecule has 0 bridgehead atoms. The van der Waals surface area contributed by atoms with Crippen LogP contribution < -0.4 is 5.73 Å². The van der Waals surface area contributed by atoms with Crippen molar-refractivity contribution in [2.24, 2.45) is 0 Å². The summed E-state index contributed by atoms with van der Waals surface area (Å²) in [4.78, 5) is 3.83. The van der Waals surface area contributed by atoms with Gasteiger partial charge in [0.05, 0.1) is 6.61 Å². The van der Waals surface area contributed by atoms with Gasteiger partial charge in [0.2, 0.25) is 0 Å². The maximum Gasteiger partial charge on any atom is 0.522 e. The minimum Gasteiger partial charge on any atom is -0.382 e. The summed E-state index contributed by atoms with van der Waals surface area (Å²) < 4.78 is 39.9. The van der Waals surface area contributed by atoms with E-state index in [0.717, 1.165) is 0 Å². The van der Waals surface area contributed by atoms with E-state index in [2.05, 4.69) is 9.72 Å². The lowest BCUT2D eigenvalue weighted by Gasteiger charge is -2.08. The molecule has 0 aliphatic carbocycles. The SMILES string of the molecule is Cc1nc(N)cn1CCOC(F)(F)F. The second-order valence-corrected chi connectivity index (χ2v) is 2.70. The number of ether oxygens (including phenoxy) is 1. The van der Waals surface area contributed by atoms with Crippen LogP contribution in [0, 0.1) is 6.92 Å². The number of anilines is 1. The topological polar surface area (TPSA) is 53.1 Å². The first-order valence-electron chi connectivity index (χ1n) is 3.88. The van der Waals surface area contributed by atoms with Crippen molar-refractivity contribution in [1.29, 1.82) is 0 Å². The average molecular weight is 209 g/mol. The van der Waals surface area contributed by atoms with Crippen molar-refractivity contribution in [2.75, 3.05) is 12.3 Å². The molecule has 80 valence electrons. The largest absolute Gasteiger partial charge is 0.522 e. The fraction of sp³-hybridized carbons (Fsp3) is 0.571. The second-order valence-electron chi connectivity index (χ2n) is 2.70. The molecule has 0 unspecified atom stereocenters. The molecule has 0 radical (unpaired) electrons. The molecule has 1 rings (SSSR count). The van der Waals surface area contributed by atoms with E-state index < -0.39 is 13.0 Å². The summed E-state index contributed by atoms with van der Waals surface area (Å²) in [6.45, 7) is 1.29. The molecule has 0 aromatic carbocycles. The van der Waals surface area contributed by atoms with Crippen LogP contribution in [-0.4, -0.2) is 22.5 Å². The van der Waals surface area contributed by atoms with E-state index in [4.69, 9.17) is 5.73 Å². The number of hydrogen-bond acceptors (Lipinski definition) is 3. The summed E-state index contributed by atoms with van der Waals surface area (Å²) in [7, 11) is 0. The van der Waals surface area contributed by atoms with Gasteiger partial charge in [-0.15, -0.1) is 13.2 Å². The molecule has 0 aliphatic rings. The maximum absolute atomic E-state index is 11.6. The Morgan fingerprint density at radius 1 is 1.57 bits per heavy atom. The van der Waals surface area contributed by atoms with Gasteiger partial charge >= 0.3 is 6.36 Å². The third-order valence-electron chi connectivity index (χ3n) is 1.59. The smallest absolute Gasteiger partial charge is 0.382 e. The number of rotatable bonds is 3. The van der Waals surface area contributed by atoms with Crippen LogP contribution in [-0.2, 0) is 11.3 Å². The third kappa shape index (κ3) is 3.25. The normalized spacial score (nSPS) is 12.0. The predicted octanol–water partition coefficient (Wildman–Crippen LogP) is 1.31. The number of aryl methyl sites for hydroxylation is 1. The molecule has 1 heterocycles. The fourth-order valence-electron chi connectivity index (χ4n) is 1.02. The van der Waals surface area contributed by atoms with Gasteiger partial charge in [0, 0.05) is 12.7 Å². The van der Waals surface area contributed by atoms with Crippen LogP contribution in [0.4, 0.5) is 19.0 Å². The molecule has 0 spiro atoms. The van der Waals surface area contributed by atoms with Crippen molar-refractivity contribution in [1.82, 2.24) is 9.55 Å². The van der Waals surface area contributed by atoms with Gasteiger partial charge in [0.15, 0.2) is 0 Å². The first-order valence-corrected chi connectivity index (χ1v) is 3.88. The lowest BCUT2D eigenvalue weighted by Crippen LogP contribution is -2.17. The lowest BCUT2D eigenvalue weighted by atomic mass is 10.6. The number of nitrogen functional groups attached to an aromatic ring is 1. The van der Waals surface area contributed by atoms with Crippen LogP contribution >= 0.6 is 0 Å². The number of aromatic nitrogens is 2. The van der Waals surface area contributed by atoms with Gasteiger partial charge in [-0.3, -0.25) is 4.74 Å². The number of nitrogens with zero attached hydrogens (tertiary/aromatic N) is 2. The van der Waals surface area contributed by atoms with Crippen molar-refractivity contribution < 1.29 is 17.9 Å². The van der Waals surface area contributed by atoms with Crippen LogP contribution in [0.1, 0.15) is 5.82 Å².